The summed E-state index contributed by atoms with van der Waals surface area (Å²) < 4.78 is 0.954. The van der Waals surface area contributed by atoms with Gasteiger partial charge >= 0.3 is 0 Å². The maximum absolute atomic E-state index is 5.89. The summed E-state index contributed by atoms with van der Waals surface area (Å²) in [7, 11) is 0. The predicted molar refractivity (Wildman–Crippen MR) is 76.3 cm³/mol. The molecule has 3 nitrogen and oxygen atoms in total. The number of halogens is 3. The van der Waals surface area contributed by atoms with Crippen LogP contribution in [0.15, 0.2) is 16.7 Å². The van der Waals surface area contributed by atoms with E-state index >= 15 is 0 Å². The number of anilines is 1. The molecule has 1 aliphatic rings. The lowest BCUT2D eigenvalue weighted by Crippen LogP contribution is -2.47. The van der Waals surface area contributed by atoms with Crippen LogP contribution in [-0.2, 0) is 0 Å². The molecule has 0 bridgehead atoms. The van der Waals surface area contributed by atoms with E-state index in [4.69, 9.17) is 23.2 Å². The Labute approximate surface area is 120 Å². The minimum absolute atomic E-state index is 0.654. The number of alkyl halides is 1. The SMILES string of the molecule is ClCCN1CCN(c2ncc(Cl)cc2Br)CC1. The number of pyridine rings is 1. The summed E-state index contributed by atoms with van der Waals surface area (Å²) in [5, 5.41) is 0.654. The molecule has 0 spiro atoms. The summed E-state index contributed by atoms with van der Waals surface area (Å²) in [6, 6.07) is 1.88. The van der Waals surface area contributed by atoms with Crippen LogP contribution in [0, 0.1) is 0 Å². The molecule has 1 fully saturated rings. The summed E-state index contributed by atoms with van der Waals surface area (Å²) >= 11 is 15.1. The Kier molecular flexibility index (Phi) is 4.91. The zero-order valence-electron chi connectivity index (χ0n) is 9.37. The van der Waals surface area contributed by atoms with Crippen molar-refractivity contribution in [1.82, 2.24) is 9.88 Å². The van der Waals surface area contributed by atoms with E-state index in [1.807, 2.05) is 6.07 Å². The fourth-order valence-corrected chi connectivity index (χ4v) is 3.07. The number of nitrogens with zero attached hydrogens (tertiary/aromatic N) is 3. The van der Waals surface area contributed by atoms with Gasteiger partial charge in [0.05, 0.1) is 9.50 Å². The van der Waals surface area contributed by atoms with Crippen molar-refractivity contribution in [3.05, 3.63) is 21.8 Å². The maximum atomic E-state index is 5.89. The number of aromatic nitrogens is 1. The van der Waals surface area contributed by atoms with Gasteiger partial charge in [0.2, 0.25) is 0 Å². The van der Waals surface area contributed by atoms with E-state index in [0.29, 0.717) is 10.9 Å². The Bertz CT molecular complexity index is 381. The van der Waals surface area contributed by atoms with Crippen molar-refractivity contribution in [2.24, 2.45) is 0 Å². The van der Waals surface area contributed by atoms with Crippen molar-refractivity contribution >= 4 is 44.9 Å². The summed E-state index contributed by atoms with van der Waals surface area (Å²) in [5.74, 6) is 1.67. The molecule has 0 unspecified atom stereocenters. The molecule has 17 heavy (non-hydrogen) atoms. The number of hydrogen-bond donors (Lipinski definition) is 0. The van der Waals surface area contributed by atoms with Crippen molar-refractivity contribution in [3.63, 3.8) is 0 Å². The second-order valence-electron chi connectivity index (χ2n) is 3.98. The molecule has 0 aromatic carbocycles. The Morgan fingerprint density at radius 1 is 1.29 bits per heavy atom. The van der Waals surface area contributed by atoms with Crippen LogP contribution >= 0.6 is 39.1 Å². The van der Waals surface area contributed by atoms with Crippen LogP contribution in [0.25, 0.3) is 0 Å². The molecule has 0 radical (unpaired) electrons. The molecule has 6 heteroatoms. The highest BCUT2D eigenvalue weighted by atomic mass is 79.9. The summed E-state index contributed by atoms with van der Waals surface area (Å²) in [5.41, 5.74) is 0. The van der Waals surface area contributed by atoms with Crippen molar-refractivity contribution in [2.45, 2.75) is 0 Å². The van der Waals surface area contributed by atoms with Gasteiger partial charge in [-0.3, -0.25) is 4.90 Å². The van der Waals surface area contributed by atoms with Crippen LogP contribution in [0.1, 0.15) is 0 Å². The highest BCUT2D eigenvalue weighted by molar-refractivity contribution is 9.10. The third-order valence-corrected chi connectivity index (χ3v) is 3.82. The van der Waals surface area contributed by atoms with E-state index in [1.54, 1.807) is 6.20 Å². The van der Waals surface area contributed by atoms with Gasteiger partial charge in [0, 0.05) is 44.8 Å². The summed E-state index contributed by atoms with van der Waals surface area (Å²) in [6.07, 6.45) is 1.69. The fraction of sp³-hybridized carbons (Fsp3) is 0.545. The number of piperazine rings is 1. The van der Waals surface area contributed by atoms with E-state index in [0.717, 1.165) is 43.0 Å². The van der Waals surface area contributed by atoms with Crippen molar-refractivity contribution in [3.8, 4) is 0 Å². The maximum Gasteiger partial charge on any atom is 0.143 e. The molecule has 1 aliphatic heterocycles. The molecular formula is C11H14BrCl2N3. The molecule has 94 valence electrons. The van der Waals surface area contributed by atoms with Gasteiger partial charge in [-0.25, -0.2) is 4.98 Å². The van der Waals surface area contributed by atoms with Crippen LogP contribution in [0.5, 0.6) is 0 Å². The minimum atomic E-state index is 0.654. The van der Waals surface area contributed by atoms with Gasteiger partial charge in [-0.05, 0) is 22.0 Å². The average Bonchev–Trinajstić information content (AvgIpc) is 2.31. The molecule has 2 rings (SSSR count). The molecule has 1 saturated heterocycles. The Balaban J connectivity index is 2.00. The first-order chi connectivity index (χ1) is 8.20. The highest BCUT2D eigenvalue weighted by Gasteiger charge is 2.19. The Hall–Kier alpha value is -0.0300. The predicted octanol–water partition coefficient (Wildman–Crippen LogP) is 2.86. The molecule has 0 N–H and O–H groups in total. The van der Waals surface area contributed by atoms with Gasteiger partial charge in [0.25, 0.3) is 0 Å². The standard InChI is InChI=1S/C11H14BrCl2N3/c12-10-7-9(14)8-15-11(10)17-5-3-16(2-1-13)4-6-17/h7-8H,1-6H2. The molecule has 0 amide bonds. The lowest BCUT2D eigenvalue weighted by atomic mass is 10.3. The minimum Gasteiger partial charge on any atom is -0.353 e. The monoisotopic (exact) mass is 337 g/mol. The Morgan fingerprint density at radius 3 is 2.59 bits per heavy atom. The van der Waals surface area contributed by atoms with Crippen LogP contribution in [0.4, 0.5) is 5.82 Å². The fourth-order valence-electron chi connectivity index (χ4n) is 1.94. The smallest absolute Gasteiger partial charge is 0.143 e. The largest absolute Gasteiger partial charge is 0.353 e. The van der Waals surface area contributed by atoms with Gasteiger partial charge < -0.3 is 4.90 Å². The third-order valence-electron chi connectivity index (χ3n) is 2.86. The molecule has 1 aromatic heterocycles. The number of rotatable bonds is 3. The van der Waals surface area contributed by atoms with E-state index in [2.05, 4.69) is 30.7 Å². The second kappa shape index (κ2) is 6.23. The van der Waals surface area contributed by atoms with Gasteiger partial charge in [0.1, 0.15) is 5.82 Å². The first kappa shape index (κ1) is 13.4. The van der Waals surface area contributed by atoms with Gasteiger partial charge in [-0.15, -0.1) is 11.6 Å². The Morgan fingerprint density at radius 2 is 2.00 bits per heavy atom. The molecular weight excluding hydrogens is 325 g/mol. The third kappa shape index (κ3) is 3.47. The molecule has 0 atom stereocenters. The van der Waals surface area contributed by atoms with E-state index in [1.165, 1.54) is 0 Å². The number of hydrogen-bond acceptors (Lipinski definition) is 3. The van der Waals surface area contributed by atoms with Crippen molar-refractivity contribution in [2.75, 3.05) is 43.5 Å². The quantitative estimate of drug-likeness (QED) is 0.790. The van der Waals surface area contributed by atoms with Gasteiger partial charge in [-0.2, -0.15) is 0 Å². The molecule has 2 heterocycles. The zero-order chi connectivity index (χ0) is 12.3. The topological polar surface area (TPSA) is 19.4 Å². The molecule has 0 saturated carbocycles. The molecule has 1 aromatic rings. The van der Waals surface area contributed by atoms with E-state index in [9.17, 15) is 0 Å². The van der Waals surface area contributed by atoms with Crippen molar-refractivity contribution < 1.29 is 0 Å². The summed E-state index contributed by atoms with van der Waals surface area (Å²) in [4.78, 5) is 9.01. The lowest BCUT2D eigenvalue weighted by molar-refractivity contribution is 0.272. The van der Waals surface area contributed by atoms with Crippen LogP contribution < -0.4 is 4.90 Å². The highest BCUT2D eigenvalue weighted by Crippen LogP contribution is 2.27. The van der Waals surface area contributed by atoms with Gasteiger partial charge in [0.15, 0.2) is 0 Å². The first-order valence-electron chi connectivity index (χ1n) is 5.55. The second-order valence-corrected chi connectivity index (χ2v) is 5.65. The zero-order valence-corrected chi connectivity index (χ0v) is 12.5. The van der Waals surface area contributed by atoms with Crippen LogP contribution in [0.3, 0.4) is 0 Å². The molecule has 0 aliphatic carbocycles. The normalized spacial score (nSPS) is 17.5. The summed E-state index contributed by atoms with van der Waals surface area (Å²) in [6.45, 7) is 4.98. The van der Waals surface area contributed by atoms with E-state index in [-0.39, 0.29) is 0 Å². The first-order valence-corrected chi connectivity index (χ1v) is 7.25. The van der Waals surface area contributed by atoms with Gasteiger partial charge in [-0.1, -0.05) is 11.6 Å². The van der Waals surface area contributed by atoms with Crippen molar-refractivity contribution in [1.29, 1.82) is 0 Å². The van der Waals surface area contributed by atoms with Crippen LogP contribution in [-0.4, -0.2) is 48.5 Å². The van der Waals surface area contributed by atoms with E-state index < -0.39 is 0 Å². The average molecular weight is 339 g/mol. The lowest BCUT2D eigenvalue weighted by Gasteiger charge is -2.35. The van der Waals surface area contributed by atoms with Crippen LogP contribution in [0.2, 0.25) is 5.02 Å².